The number of rotatable bonds is 2. The first-order valence-corrected chi connectivity index (χ1v) is 7.64. The van der Waals surface area contributed by atoms with Crippen molar-refractivity contribution in [1.29, 1.82) is 0 Å². The molecule has 1 aromatic heterocycles. The summed E-state index contributed by atoms with van der Waals surface area (Å²) in [6, 6.07) is 11.0. The molecule has 3 rings (SSSR count). The molecule has 0 saturated carbocycles. The van der Waals surface area contributed by atoms with Crippen LogP contribution in [0.15, 0.2) is 47.1 Å². The number of nitrogens with one attached hydrogen (secondary N) is 2. The summed E-state index contributed by atoms with van der Waals surface area (Å²) >= 11 is 15.5. The number of benzene rings is 2. The molecule has 6 heteroatoms. The largest absolute Gasteiger partial charge is 0.360 e. The van der Waals surface area contributed by atoms with Crippen molar-refractivity contribution >= 4 is 61.6 Å². The first-order valence-electron chi connectivity index (χ1n) is 6.09. The van der Waals surface area contributed by atoms with Gasteiger partial charge in [0, 0.05) is 21.6 Å². The fraction of sp³-hybridized carbons (Fsp3) is 0. The Morgan fingerprint density at radius 1 is 1.10 bits per heavy atom. The van der Waals surface area contributed by atoms with E-state index in [-0.39, 0.29) is 5.91 Å². The van der Waals surface area contributed by atoms with Crippen LogP contribution in [-0.2, 0) is 0 Å². The van der Waals surface area contributed by atoms with E-state index in [1.165, 1.54) is 0 Å². The van der Waals surface area contributed by atoms with Crippen LogP contribution in [0.2, 0.25) is 10.0 Å². The van der Waals surface area contributed by atoms with Crippen LogP contribution in [-0.4, -0.2) is 10.9 Å². The molecule has 0 saturated heterocycles. The number of H-pyrrole nitrogens is 1. The number of aromatic nitrogens is 1. The van der Waals surface area contributed by atoms with Gasteiger partial charge < -0.3 is 10.3 Å². The quantitative estimate of drug-likeness (QED) is 0.564. The fourth-order valence-electron chi connectivity index (χ4n) is 2.07. The maximum atomic E-state index is 12.4. The van der Waals surface area contributed by atoms with Gasteiger partial charge in [-0.1, -0.05) is 41.4 Å². The summed E-state index contributed by atoms with van der Waals surface area (Å²) in [7, 11) is 0. The van der Waals surface area contributed by atoms with E-state index in [1.807, 2.05) is 24.3 Å². The molecule has 1 heterocycles. The standard InChI is InChI=1S/C15H9BrCl2N2O/c16-10-5-6-12(14(18)13(10)17)20-15(21)9-7-19-11-4-2-1-3-8(9)11/h1-7,19H,(H,20,21). The van der Waals surface area contributed by atoms with Crippen LogP contribution in [0, 0.1) is 0 Å². The minimum absolute atomic E-state index is 0.243. The molecule has 2 aromatic carbocycles. The number of hydrogen-bond donors (Lipinski definition) is 2. The Morgan fingerprint density at radius 3 is 2.67 bits per heavy atom. The summed E-state index contributed by atoms with van der Waals surface area (Å²) in [4.78, 5) is 15.5. The third-order valence-electron chi connectivity index (χ3n) is 3.12. The number of amides is 1. The van der Waals surface area contributed by atoms with E-state index < -0.39 is 0 Å². The summed E-state index contributed by atoms with van der Waals surface area (Å²) in [5.74, 6) is -0.243. The van der Waals surface area contributed by atoms with E-state index in [4.69, 9.17) is 23.2 Å². The number of fused-ring (bicyclic) bond motifs is 1. The van der Waals surface area contributed by atoms with Crippen LogP contribution in [0.5, 0.6) is 0 Å². The number of anilines is 1. The molecule has 0 aliphatic heterocycles. The van der Waals surface area contributed by atoms with E-state index in [1.54, 1.807) is 18.3 Å². The molecular formula is C15H9BrCl2N2O. The zero-order valence-electron chi connectivity index (χ0n) is 10.6. The van der Waals surface area contributed by atoms with Crippen molar-refractivity contribution in [3.05, 3.63) is 62.7 Å². The lowest BCUT2D eigenvalue weighted by Crippen LogP contribution is -2.11. The number of aromatic amines is 1. The topological polar surface area (TPSA) is 44.9 Å². The van der Waals surface area contributed by atoms with E-state index in [0.717, 1.165) is 10.9 Å². The molecule has 0 spiro atoms. The zero-order valence-corrected chi connectivity index (χ0v) is 13.7. The third-order valence-corrected chi connectivity index (χ3v) is 4.89. The molecule has 1 amide bonds. The molecule has 0 fully saturated rings. The van der Waals surface area contributed by atoms with Crippen LogP contribution in [0.3, 0.4) is 0 Å². The first-order chi connectivity index (χ1) is 10.1. The molecule has 3 nitrogen and oxygen atoms in total. The second kappa shape index (κ2) is 5.72. The van der Waals surface area contributed by atoms with Gasteiger partial charge in [0.25, 0.3) is 5.91 Å². The minimum atomic E-state index is -0.243. The molecule has 0 atom stereocenters. The highest BCUT2D eigenvalue weighted by molar-refractivity contribution is 9.10. The van der Waals surface area contributed by atoms with Gasteiger partial charge in [0.1, 0.15) is 0 Å². The summed E-state index contributed by atoms with van der Waals surface area (Å²) in [6.45, 7) is 0. The predicted octanol–water partition coefficient (Wildman–Crippen LogP) is 5.49. The third kappa shape index (κ3) is 2.67. The molecule has 0 radical (unpaired) electrons. The summed E-state index contributed by atoms with van der Waals surface area (Å²) in [6.07, 6.45) is 1.67. The average Bonchev–Trinajstić information content (AvgIpc) is 2.92. The number of hydrogen-bond acceptors (Lipinski definition) is 1. The van der Waals surface area contributed by atoms with Crippen molar-refractivity contribution in [3.63, 3.8) is 0 Å². The maximum Gasteiger partial charge on any atom is 0.257 e. The van der Waals surface area contributed by atoms with Crippen LogP contribution in [0.4, 0.5) is 5.69 Å². The van der Waals surface area contributed by atoms with Crippen molar-refractivity contribution in [2.24, 2.45) is 0 Å². The molecule has 3 aromatic rings. The Hall–Kier alpha value is -1.49. The Balaban J connectivity index is 1.95. The molecule has 0 aliphatic carbocycles. The molecule has 0 unspecified atom stereocenters. The van der Waals surface area contributed by atoms with Gasteiger partial charge in [0.05, 0.1) is 21.3 Å². The molecule has 0 aliphatic rings. The van der Waals surface area contributed by atoms with Gasteiger partial charge in [-0.25, -0.2) is 0 Å². The normalized spacial score (nSPS) is 10.8. The first kappa shape index (κ1) is 14.4. The van der Waals surface area contributed by atoms with E-state index >= 15 is 0 Å². The molecular weight excluding hydrogens is 375 g/mol. The zero-order chi connectivity index (χ0) is 15.0. The predicted molar refractivity (Wildman–Crippen MR) is 90.4 cm³/mol. The number of para-hydroxylation sites is 1. The van der Waals surface area contributed by atoms with Gasteiger partial charge >= 0.3 is 0 Å². The lowest BCUT2D eigenvalue weighted by Gasteiger charge is -2.09. The highest BCUT2D eigenvalue weighted by Gasteiger charge is 2.15. The van der Waals surface area contributed by atoms with Gasteiger partial charge in [-0.2, -0.15) is 0 Å². The van der Waals surface area contributed by atoms with Gasteiger partial charge in [-0.05, 0) is 34.1 Å². The summed E-state index contributed by atoms with van der Waals surface area (Å²) in [5, 5.41) is 4.31. The molecule has 106 valence electrons. The number of carbonyl (C=O) groups excluding carboxylic acids is 1. The number of carbonyl (C=O) groups is 1. The van der Waals surface area contributed by atoms with Gasteiger partial charge in [0.15, 0.2) is 0 Å². The lowest BCUT2D eigenvalue weighted by molar-refractivity contribution is 0.102. The van der Waals surface area contributed by atoms with Gasteiger partial charge in [-0.15, -0.1) is 0 Å². The average molecular weight is 384 g/mol. The van der Waals surface area contributed by atoms with Gasteiger partial charge in [-0.3, -0.25) is 4.79 Å². The Kier molecular flexibility index (Phi) is 3.93. The smallest absolute Gasteiger partial charge is 0.257 e. The van der Waals surface area contributed by atoms with Crippen molar-refractivity contribution in [1.82, 2.24) is 4.98 Å². The highest BCUT2D eigenvalue weighted by Crippen LogP contribution is 2.36. The lowest BCUT2D eigenvalue weighted by atomic mass is 10.1. The summed E-state index contributed by atoms with van der Waals surface area (Å²) in [5.41, 5.74) is 1.93. The minimum Gasteiger partial charge on any atom is -0.360 e. The SMILES string of the molecule is O=C(Nc1ccc(Br)c(Cl)c1Cl)c1c[nH]c2ccccc12. The van der Waals surface area contributed by atoms with Gasteiger partial charge in [0.2, 0.25) is 0 Å². The Morgan fingerprint density at radius 2 is 1.86 bits per heavy atom. The second-order valence-corrected chi connectivity index (χ2v) is 6.04. The Bertz CT molecular complexity index is 845. The second-order valence-electron chi connectivity index (χ2n) is 4.42. The monoisotopic (exact) mass is 382 g/mol. The van der Waals surface area contributed by atoms with E-state index in [2.05, 4.69) is 26.2 Å². The molecule has 2 N–H and O–H groups in total. The van der Waals surface area contributed by atoms with Crippen molar-refractivity contribution in [2.75, 3.05) is 5.32 Å². The van der Waals surface area contributed by atoms with E-state index in [9.17, 15) is 4.79 Å². The number of halogens is 3. The van der Waals surface area contributed by atoms with Crippen molar-refractivity contribution in [3.8, 4) is 0 Å². The van der Waals surface area contributed by atoms with Crippen molar-refractivity contribution in [2.45, 2.75) is 0 Å². The molecule has 21 heavy (non-hydrogen) atoms. The molecule has 0 bridgehead atoms. The van der Waals surface area contributed by atoms with Crippen LogP contribution < -0.4 is 5.32 Å². The van der Waals surface area contributed by atoms with E-state index in [0.29, 0.717) is 25.8 Å². The van der Waals surface area contributed by atoms with Crippen LogP contribution in [0.1, 0.15) is 10.4 Å². The fourth-order valence-corrected chi connectivity index (χ4v) is 2.89. The Labute approximate surface area is 139 Å². The highest BCUT2D eigenvalue weighted by atomic mass is 79.9. The van der Waals surface area contributed by atoms with Crippen molar-refractivity contribution < 1.29 is 4.79 Å². The summed E-state index contributed by atoms with van der Waals surface area (Å²) < 4.78 is 0.680. The maximum absolute atomic E-state index is 12.4. The van der Waals surface area contributed by atoms with Crippen LogP contribution in [0.25, 0.3) is 10.9 Å². The van der Waals surface area contributed by atoms with Crippen LogP contribution >= 0.6 is 39.1 Å².